The molecule has 0 atom stereocenters. The molecule has 0 amide bonds. The van der Waals surface area contributed by atoms with Crippen LogP contribution in [0.4, 0.5) is 11.4 Å². The van der Waals surface area contributed by atoms with Crippen LogP contribution in [-0.4, -0.2) is 45.3 Å². The second kappa shape index (κ2) is 20.7. The maximum atomic E-state index is 6.57. The topological polar surface area (TPSA) is 60.6 Å². The van der Waals surface area contributed by atoms with Crippen molar-refractivity contribution in [2.45, 2.75) is 25.7 Å². The SMILES string of the molecule is [C-]#Cn1cccc1.[C-]#Cn1cccc1.[Pt].[Pt].[c-]1ccc(Oc2cc(N3CCCC3)ccn2)[c-]c1-c1[c-]ccc(Oc2cc(N3CCCC3)ccn2)[c-]1. The Balaban J connectivity index is 0.000000316. The molecule has 0 bridgehead atoms. The molecule has 0 spiro atoms. The molecule has 8 nitrogen and oxygen atoms in total. The molecule has 4 aromatic heterocycles. The van der Waals surface area contributed by atoms with Crippen molar-refractivity contribution in [3.63, 3.8) is 0 Å². The number of rotatable bonds is 7. The minimum atomic E-state index is 0. The minimum Gasteiger partial charge on any atom is -0.669 e. The predicted molar refractivity (Wildman–Crippen MR) is 193 cm³/mol. The van der Waals surface area contributed by atoms with E-state index in [4.69, 9.17) is 22.3 Å². The fourth-order valence-electron chi connectivity index (χ4n) is 5.49. The smallest absolute Gasteiger partial charge is 0.217 e. The van der Waals surface area contributed by atoms with Crippen LogP contribution in [0.3, 0.4) is 0 Å². The molecule has 0 N–H and O–H groups in total. The van der Waals surface area contributed by atoms with E-state index in [-0.39, 0.29) is 42.1 Å². The summed E-state index contributed by atoms with van der Waals surface area (Å²) in [5, 5.41) is 0. The molecule has 8 rings (SSSR count). The van der Waals surface area contributed by atoms with Crippen molar-refractivity contribution in [3.05, 3.63) is 147 Å². The first-order valence-electron chi connectivity index (χ1n) is 16.4. The zero-order chi connectivity index (χ0) is 34.4. The Hall–Kier alpha value is -5.00. The van der Waals surface area contributed by atoms with Gasteiger partial charge in [0.25, 0.3) is 0 Å². The molecule has 6 heterocycles. The van der Waals surface area contributed by atoms with E-state index in [9.17, 15) is 0 Å². The van der Waals surface area contributed by atoms with Crippen LogP contribution in [0, 0.1) is 49.2 Å². The molecule has 270 valence electrons. The largest absolute Gasteiger partial charge is 0.669 e. The third-order valence-electron chi connectivity index (χ3n) is 7.95. The summed E-state index contributed by atoms with van der Waals surface area (Å²) >= 11 is 0. The van der Waals surface area contributed by atoms with Crippen molar-refractivity contribution in [3.8, 4) is 46.5 Å². The van der Waals surface area contributed by atoms with Gasteiger partial charge in [0.1, 0.15) is 0 Å². The van der Waals surface area contributed by atoms with Gasteiger partial charge in [-0.15, -0.1) is 0 Å². The Morgan fingerprint density at radius 1 is 0.577 bits per heavy atom. The number of aromatic nitrogens is 4. The van der Waals surface area contributed by atoms with Crippen molar-refractivity contribution in [2.24, 2.45) is 0 Å². The Bertz CT molecular complexity index is 1880. The number of anilines is 2. The number of hydrogen-bond donors (Lipinski definition) is 0. The van der Waals surface area contributed by atoms with E-state index >= 15 is 0 Å². The molecule has 0 aliphatic carbocycles. The number of hydrogen-bond acceptors (Lipinski definition) is 6. The second-order valence-electron chi connectivity index (χ2n) is 11.4. The van der Waals surface area contributed by atoms with Crippen molar-refractivity contribution < 1.29 is 51.6 Å². The zero-order valence-electron chi connectivity index (χ0n) is 28.2. The molecule has 2 aliphatic heterocycles. The van der Waals surface area contributed by atoms with Crippen molar-refractivity contribution in [1.29, 1.82) is 0 Å². The summed E-state index contributed by atoms with van der Waals surface area (Å²) < 4.78 is 15.2. The first kappa shape index (κ1) is 39.8. The van der Waals surface area contributed by atoms with Crippen LogP contribution < -0.4 is 19.3 Å². The average molecular weight is 1040 g/mol. The molecular weight excluding hydrogens is 1010 g/mol. The van der Waals surface area contributed by atoms with Gasteiger partial charge in [-0.1, -0.05) is 11.5 Å². The van der Waals surface area contributed by atoms with Gasteiger partial charge in [0.2, 0.25) is 11.8 Å². The van der Waals surface area contributed by atoms with Gasteiger partial charge in [-0.3, -0.25) is 12.1 Å². The summed E-state index contributed by atoms with van der Waals surface area (Å²) in [5.41, 5.74) is 3.64. The summed E-state index contributed by atoms with van der Waals surface area (Å²) in [6.45, 7) is 4.29. The zero-order valence-corrected chi connectivity index (χ0v) is 32.7. The van der Waals surface area contributed by atoms with Crippen LogP contribution in [0.2, 0.25) is 0 Å². The van der Waals surface area contributed by atoms with Crippen LogP contribution in [-0.2, 0) is 42.1 Å². The number of pyridine rings is 2. The van der Waals surface area contributed by atoms with E-state index in [0.717, 1.165) is 37.6 Å². The van der Waals surface area contributed by atoms with Gasteiger partial charge < -0.3 is 76.6 Å². The van der Waals surface area contributed by atoms with Crippen LogP contribution in [0.5, 0.6) is 23.3 Å². The second-order valence-corrected chi connectivity index (χ2v) is 11.4. The monoisotopic (exact) mass is 1040 g/mol. The third kappa shape index (κ3) is 11.5. The van der Waals surface area contributed by atoms with Gasteiger partial charge in [0, 0.05) is 129 Å². The Morgan fingerprint density at radius 2 is 0.962 bits per heavy atom. The fraction of sp³-hybridized carbons (Fsp3) is 0.190. The van der Waals surface area contributed by atoms with E-state index in [1.807, 2.05) is 72.8 Å². The molecular formula is C42H34N6O2Pt2-6. The average Bonchev–Trinajstić information content (AvgIpc) is 4.01. The van der Waals surface area contributed by atoms with Gasteiger partial charge in [0.05, 0.1) is 0 Å². The number of ether oxygens (including phenoxy) is 2. The van der Waals surface area contributed by atoms with E-state index in [1.165, 1.54) is 25.7 Å². The van der Waals surface area contributed by atoms with E-state index in [2.05, 4.69) is 56.1 Å². The molecule has 2 saturated heterocycles. The maximum Gasteiger partial charge on any atom is 0.217 e. The third-order valence-corrected chi connectivity index (χ3v) is 7.95. The molecule has 52 heavy (non-hydrogen) atoms. The first-order chi connectivity index (χ1) is 24.7. The Labute approximate surface area is 335 Å². The van der Waals surface area contributed by atoms with Crippen LogP contribution in [0.1, 0.15) is 25.7 Å². The summed E-state index contributed by atoms with van der Waals surface area (Å²) in [4.78, 5) is 13.5. The number of nitrogens with zero attached hydrogens (tertiary/aromatic N) is 6. The van der Waals surface area contributed by atoms with Gasteiger partial charge in [-0.2, -0.15) is 12.1 Å². The van der Waals surface area contributed by atoms with Crippen LogP contribution >= 0.6 is 0 Å². The number of benzene rings is 2. The van der Waals surface area contributed by atoms with E-state index in [0.29, 0.717) is 34.4 Å². The maximum absolute atomic E-state index is 6.57. The predicted octanol–water partition coefficient (Wildman–Crippen LogP) is 7.89. The molecule has 6 aromatic rings. The summed E-state index contributed by atoms with van der Waals surface area (Å²) in [5.74, 6) is 2.20. The first-order valence-corrected chi connectivity index (χ1v) is 16.4. The van der Waals surface area contributed by atoms with Crippen molar-refractivity contribution in [1.82, 2.24) is 19.1 Å². The van der Waals surface area contributed by atoms with Crippen LogP contribution in [0.25, 0.3) is 11.1 Å². The molecule has 2 aliphatic rings. The fourth-order valence-corrected chi connectivity index (χ4v) is 5.49. The van der Waals surface area contributed by atoms with Gasteiger partial charge >= 0.3 is 0 Å². The molecule has 2 aromatic carbocycles. The van der Waals surface area contributed by atoms with Crippen molar-refractivity contribution in [2.75, 3.05) is 36.0 Å². The van der Waals surface area contributed by atoms with E-state index in [1.54, 1.807) is 46.3 Å². The molecule has 2 fully saturated rings. The van der Waals surface area contributed by atoms with Gasteiger partial charge in [-0.25, -0.2) is 22.1 Å². The minimum absolute atomic E-state index is 0. The molecule has 0 saturated carbocycles. The van der Waals surface area contributed by atoms with Gasteiger partial charge in [0.15, 0.2) is 0 Å². The van der Waals surface area contributed by atoms with Gasteiger partial charge in [-0.05, 0) is 62.1 Å². The van der Waals surface area contributed by atoms with Crippen molar-refractivity contribution >= 4 is 11.4 Å². The summed E-state index contributed by atoms with van der Waals surface area (Å²) in [6.07, 6.45) is 28.6. The van der Waals surface area contributed by atoms with Crippen LogP contribution in [0.15, 0.2) is 110 Å². The Kier molecular flexibility index (Phi) is 15.9. The standard InChI is InChI=1S/C30H26N4O2.2C6H4N.2Pt/c1-2-16-33(15-1)25-11-13-31-29(21-25)35-27-9-5-7-23(19-27)24-8-6-10-28(20-24)36-30-22-26(12-14-32-30)34-17-3-4-18-34;2*1-2-7-5-3-4-6-7;;/h5-6,9-14,21-22H,1-4,15-18H2;2*3-6H;;/q-4;2*-1;;. The summed E-state index contributed by atoms with van der Waals surface area (Å²) in [7, 11) is 0. The normalized spacial score (nSPS) is 12.7. The molecule has 0 radical (unpaired) electrons. The Morgan fingerprint density at radius 3 is 1.31 bits per heavy atom. The molecule has 0 unspecified atom stereocenters. The molecule has 10 heteroatoms. The quantitative estimate of drug-likeness (QED) is 0.120. The van der Waals surface area contributed by atoms with E-state index < -0.39 is 0 Å². The summed E-state index contributed by atoms with van der Waals surface area (Å²) in [6, 6.07) is 39.9.